The van der Waals surface area contributed by atoms with Crippen LogP contribution in [0.15, 0.2) is 23.1 Å². The topological polar surface area (TPSA) is 84.5 Å². The molecule has 8 heteroatoms. The fourth-order valence-corrected chi connectivity index (χ4v) is 3.16. The van der Waals surface area contributed by atoms with E-state index in [-0.39, 0.29) is 17.0 Å². The van der Waals surface area contributed by atoms with Crippen molar-refractivity contribution >= 4 is 15.9 Å². The molecule has 0 radical (unpaired) electrons. The van der Waals surface area contributed by atoms with Crippen LogP contribution in [0, 0.1) is 5.82 Å². The number of carbonyl (C=O) groups excluding carboxylic acids is 1. The molecule has 1 atom stereocenters. The second kappa shape index (κ2) is 7.27. The van der Waals surface area contributed by atoms with E-state index in [4.69, 9.17) is 4.74 Å². The highest BCUT2D eigenvalue weighted by Gasteiger charge is 2.19. The smallest absolute Gasteiger partial charge is 0.315 e. The molecule has 23 heavy (non-hydrogen) atoms. The summed E-state index contributed by atoms with van der Waals surface area (Å²) >= 11 is 0. The minimum atomic E-state index is -3.60. The Balaban J connectivity index is 1.98. The van der Waals surface area contributed by atoms with Crippen LogP contribution in [-0.2, 0) is 14.6 Å². The van der Waals surface area contributed by atoms with E-state index in [2.05, 4.69) is 10.6 Å². The zero-order valence-electron chi connectivity index (χ0n) is 13.1. The van der Waals surface area contributed by atoms with Gasteiger partial charge in [0.1, 0.15) is 10.7 Å². The second-order valence-corrected chi connectivity index (χ2v) is 7.67. The Morgan fingerprint density at radius 1 is 1.35 bits per heavy atom. The number of ether oxygens (including phenoxy) is 1. The third kappa shape index (κ3) is 4.90. The predicted octanol–water partition coefficient (Wildman–Crippen LogP) is 1.77. The van der Waals surface area contributed by atoms with Gasteiger partial charge >= 0.3 is 6.03 Å². The average molecular weight is 344 g/mol. The molecule has 1 unspecified atom stereocenters. The number of halogens is 1. The van der Waals surface area contributed by atoms with E-state index in [1.165, 1.54) is 12.1 Å². The van der Waals surface area contributed by atoms with Crippen molar-refractivity contribution in [3.63, 3.8) is 0 Å². The minimum absolute atomic E-state index is 0.0697. The molecular formula is C15H21FN2O4S. The molecule has 2 amide bonds. The summed E-state index contributed by atoms with van der Waals surface area (Å²) in [5, 5.41) is 5.57. The van der Waals surface area contributed by atoms with Crippen molar-refractivity contribution in [1.82, 2.24) is 10.6 Å². The molecule has 0 spiro atoms. The van der Waals surface area contributed by atoms with Crippen molar-refractivity contribution in [2.24, 2.45) is 0 Å². The standard InChI is InChI=1S/C15H21FN2O4S/c1-10(17-15(19)18-12-5-7-22-8-6-12)11-3-4-14(13(16)9-11)23(2,20)21/h3-4,9-10,12H,5-8H2,1-2H3,(H2,17,18,19). The van der Waals surface area contributed by atoms with Gasteiger partial charge in [-0.05, 0) is 37.5 Å². The first-order valence-electron chi connectivity index (χ1n) is 7.41. The first-order valence-corrected chi connectivity index (χ1v) is 9.31. The van der Waals surface area contributed by atoms with Gasteiger partial charge in [0.15, 0.2) is 9.84 Å². The van der Waals surface area contributed by atoms with Crippen LogP contribution < -0.4 is 10.6 Å². The number of amides is 2. The Labute approximate surface area is 135 Å². The van der Waals surface area contributed by atoms with Crippen molar-refractivity contribution in [2.75, 3.05) is 19.5 Å². The number of rotatable bonds is 4. The Morgan fingerprint density at radius 2 is 2.00 bits per heavy atom. The van der Waals surface area contributed by atoms with Crippen LogP contribution in [0.25, 0.3) is 0 Å². The molecule has 1 saturated heterocycles. The van der Waals surface area contributed by atoms with E-state index < -0.39 is 21.7 Å². The molecule has 1 aromatic rings. The lowest BCUT2D eigenvalue weighted by atomic mass is 10.1. The van der Waals surface area contributed by atoms with Crippen LogP contribution >= 0.6 is 0 Å². The first kappa shape index (κ1) is 17.7. The molecule has 0 bridgehead atoms. The molecule has 1 fully saturated rings. The second-order valence-electron chi connectivity index (χ2n) is 5.69. The Bertz CT molecular complexity index is 672. The SMILES string of the molecule is CC(NC(=O)NC1CCOCC1)c1ccc(S(C)(=O)=O)c(F)c1. The lowest BCUT2D eigenvalue weighted by Gasteiger charge is -2.24. The highest BCUT2D eigenvalue weighted by Crippen LogP contribution is 2.20. The van der Waals surface area contributed by atoms with Crippen molar-refractivity contribution in [3.05, 3.63) is 29.6 Å². The van der Waals surface area contributed by atoms with E-state index >= 15 is 0 Å². The van der Waals surface area contributed by atoms with Gasteiger partial charge in [0.2, 0.25) is 0 Å². The van der Waals surface area contributed by atoms with Crippen LogP contribution in [0.3, 0.4) is 0 Å². The minimum Gasteiger partial charge on any atom is -0.381 e. The Hall–Kier alpha value is -1.67. The van der Waals surface area contributed by atoms with Gasteiger partial charge in [-0.3, -0.25) is 0 Å². The van der Waals surface area contributed by atoms with Gasteiger partial charge in [-0.1, -0.05) is 6.07 Å². The van der Waals surface area contributed by atoms with Crippen LogP contribution in [0.2, 0.25) is 0 Å². The fourth-order valence-electron chi connectivity index (χ4n) is 2.44. The summed E-state index contributed by atoms with van der Waals surface area (Å²) in [5.74, 6) is -0.816. The van der Waals surface area contributed by atoms with E-state index in [0.29, 0.717) is 18.8 Å². The normalized spacial score (nSPS) is 17.5. The molecule has 1 aliphatic rings. The van der Waals surface area contributed by atoms with Gasteiger partial charge in [-0.15, -0.1) is 0 Å². The molecule has 1 aromatic carbocycles. The molecule has 0 saturated carbocycles. The predicted molar refractivity (Wildman–Crippen MR) is 83.4 cm³/mol. The zero-order valence-corrected chi connectivity index (χ0v) is 14.0. The number of hydrogen-bond donors (Lipinski definition) is 2. The highest BCUT2D eigenvalue weighted by atomic mass is 32.2. The largest absolute Gasteiger partial charge is 0.381 e. The van der Waals surface area contributed by atoms with Crippen molar-refractivity contribution in [2.45, 2.75) is 36.7 Å². The molecule has 0 aliphatic carbocycles. The number of benzene rings is 1. The lowest BCUT2D eigenvalue weighted by molar-refractivity contribution is 0.0800. The Morgan fingerprint density at radius 3 is 2.57 bits per heavy atom. The molecule has 1 aliphatic heterocycles. The fraction of sp³-hybridized carbons (Fsp3) is 0.533. The van der Waals surface area contributed by atoms with Crippen LogP contribution in [0.4, 0.5) is 9.18 Å². The quantitative estimate of drug-likeness (QED) is 0.872. The summed E-state index contributed by atoms with van der Waals surface area (Å²) in [7, 11) is -3.60. The van der Waals surface area contributed by atoms with E-state index in [0.717, 1.165) is 25.2 Å². The van der Waals surface area contributed by atoms with Gasteiger partial charge in [0.05, 0.1) is 6.04 Å². The molecular weight excluding hydrogens is 323 g/mol. The van der Waals surface area contributed by atoms with E-state index in [1.807, 2.05) is 0 Å². The van der Waals surface area contributed by atoms with Gasteiger partial charge in [0.25, 0.3) is 0 Å². The maximum atomic E-state index is 13.9. The van der Waals surface area contributed by atoms with Gasteiger partial charge in [0, 0.05) is 25.5 Å². The summed E-state index contributed by atoms with van der Waals surface area (Å²) in [5.41, 5.74) is 0.497. The number of carbonyl (C=O) groups is 1. The monoisotopic (exact) mass is 344 g/mol. The number of hydrogen-bond acceptors (Lipinski definition) is 4. The maximum absolute atomic E-state index is 13.9. The number of nitrogens with one attached hydrogen (secondary N) is 2. The molecule has 6 nitrogen and oxygen atoms in total. The van der Waals surface area contributed by atoms with Crippen molar-refractivity contribution in [3.8, 4) is 0 Å². The van der Waals surface area contributed by atoms with Crippen LogP contribution in [-0.4, -0.2) is 40.0 Å². The lowest BCUT2D eigenvalue weighted by Crippen LogP contribution is -2.45. The van der Waals surface area contributed by atoms with Crippen LogP contribution in [0.5, 0.6) is 0 Å². The first-order chi connectivity index (χ1) is 10.8. The zero-order chi connectivity index (χ0) is 17.0. The van der Waals surface area contributed by atoms with E-state index in [1.54, 1.807) is 6.92 Å². The third-order valence-electron chi connectivity index (χ3n) is 3.76. The van der Waals surface area contributed by atoms with Gasteiger partial charge < -0.3 is 15.4 Å². The summed E-state index contributed by atoms with van der Waals surface area (Å²) in [6.07, 6.45) is 2.48. The molecule has 2 N–H and O–H groups in total. The molecule has 128 valence electrons. The maximum Gasteiger partial charge on any atom is 0.315 e. The summed E-state index contributed by atoms with van der Waals surface area (Å²) in [4.78, 5) is 11.6. The molecule has 2 rings (SSSR count). The average Bonchev–Trinajstić information content (AvgIpc) is 2.46. The van der Waals surface area contributed by atoms with E-state index in [9.17, 15) is 17.6 Å². The van der Waals surface area contributed by atoms with Crippen molar-refractivity contribution < 1.29 is 22.3 Å². The molecule has 0 aromatic heterocycles. The third-order valence-corrected chi connectivity index (χ3v) is 4.89. The van der Waals surface area contributed by atoms with Gasteiger partial charge in [-0.2, -0.15) is 0 Å². The summed E-state index contributed by atoms with van der Waals surface area (Å²) < 4.78 is 41.9. The Kier molecular flexibility index (Phi) is 5.59. The van der Waals surface area contributed by atoms with Gasteiger partial charge in [-0.25, -0.2) is 17.6 Å². The summed E-state index contributed by atoms with van der Waals surface area (Å²) in [6.45, 7) is 2.95. The van der Waals surface area contributed by atoms with Crippen molar-refractivity contribution in [1.29, 1.82) is 0 Å². The number of urea groups is 1. The molecule has 1 heterocycles. The highest BCUT2D eigenvalue weighted by molar-refractivity contribution is 7.90. The summed E-state index contributed by atoms with van der Waals surface area (Å²) in [6, 6.07) is 3.14. The van der Waals surface area contributed by atoms with Crippen LogP contribution in [0.1, 0.15) is 31.4 Å². The number of sulfone groups is 1.